The van der Waals surface area contributed by atoms with E-state index >= 15 is 0 Å². The van der Waals surface area contributed by atoms with Crippen molar-refractivity contribution in [1.29, 1.82) is 0 Å². The minimum atomic E-state index is -0.305. The van der Waals surface area contributed by atoms with Crippen molar-refractivity contribution in [3.05, 3.63) is 70.9 Å². The number of halogens is 1. The molecule has 3 aromatic rings. The molecule has 0 radical (unpaired) electrons. The fraction of sp³-hybridized carbons (Fsp3) is 0.150. The standard InChI is InChI=1S/C20H17ClN6OS/c21-14-8-4-5-9-15(14)24-26-17-16(12-10-11-12)25-27-18(17)22-20(29)23-19(28)13-6-2-1-3-7-13/h1-9,12H,10-11H2,(H3,22,23,25,27,28,29). The number of H-pyrrole nitrogens is 1. The Kier molecular flexibility index (Phi) is 5.64. The average Bonchev–Trinajstić information content (AvgIpc) is 3.50. The first-order chi connectivity index (χ1) is 14.1. The molecule has 9 heteroatoms. The zero-order valence-corrected chi connectivity index (χ0v) is 16.8. The molecule has 7 nitrogen and oxygen atoms in total. The van der Waals surface area contributed by atoms with Gasteiger partial charge in [0.1, 0.15) is 5.69 Å². The van der Waals surface area contributed by atoms with Gasteiger partial charge in [-0.2, -0.15) is 5.10 Å². The van der Waals surface area contributed by atoms with Crippen molar-refractivity contribution in [3.8, 4) is 0 Å². The van der Waals surface area contributed by atoms with E-state index in [9.17, 15) is 4.79 Å². The van der Waals surface area contributed by atoms with E-state index in [1.54, 1.807) is 36.4 Å². The smallest absolute Gasteiger partial charge is 0.257 e. The van der Waals surface area contributed by atoms with Gasteiger partial charge in [0, 0.05) is 11.5 Å². The number of benzene rings is 2. The summed E-state index contributed by atoms with van der Waals surface area (Å²) in [5, 5.41) is 22.1. The molecular weight excluding hydrogens is 408 g/mol. The van der Waals surface area contributed by atoms with Gasteiger partial charge in [0.05, 0.1) is 10.7 Å². The van der Waals surface area contributed by atoms with Gasteiger partial charge in [-0.15, -0.1) is 10.2 Å². The lowest BCUT2D eigenvalue weighted by atomic mass is 10.2. The molecule has 0 bridgehead atoms. The van der Waals surface area contributed by atoms with Crippen LogP contribution in [0.15, 0.2) is 64.8 Å². The zero-order valence-electron chi connectivity index (χ0n) is 15.2. The average molecular weight is 425 g/mol. The molecule has 1 saturated carbocycles. The predicted octanol–water partition coefficient (Wildman–Crippen LogP) is 5.48. The lowest BCUT2D eigenvalue weighted by molar-refractivity contribution is 0.0977. The summed E-state index contributed by atoms with van der Waals surface area (Å²) >= 11 is 11.4. The van der Waals surface area contributed by atoms with Crippen molar-refractivity contribution in [2.45, 2.75) is 18.8 Å². The third-order valence-electron chi connectivity index (χ3n) is 4.36. The zero-order chi connectivity index (χ0) is 20.2. The van der Waals surface area contributed by atoms with Crippen LogP contribution in [-0.4, -0.2) is 21.2 Å². The fourth-order valence-corrected chi connectivity index (χ4v) is 3.10. The molecule has 0 spiro atoms. The molecule has 0 saturated heterocycles. The quantitative estimate of drug-likeness (QED) is 0.373. The number of aromatic amines is 1. The van der Waals surface area contributed by atoms with Crippen LogP contribution in [0.1, 0.15) is 34.8 Å². The number of aromatic nitrogens is 2. The fourth-order valence-electron chi connectivity index (χ4n) is 2.73. The Balaban J connectivity index is 1.52. The number of thiocarbonyl (C=S) groups is 1. The Morgan fingerprint density at radius 2 is 1.83 bits per heavy atom. The second-order valence-electron chi connectivity index (χ2n) is 6.53. The molecule has 146 valence electrons. The van der Waals surface area contributed by atoms with Gasteiger partial charge in [0.2, 0.25) is 0 Å². The molecule has 0 atom stereocenters. The van der Waals surface area contributed by atoms with Crippen molar-refractivity contribution in [1.82, 2.24) is 15.5 Å². The van der Waals surface area contributed by atoms with E-state index in [1.807, 2.05) is 18.2 Å². The van der Waals surface area contributed by atoms with E-state index in [1.165, 1.54) is 0 Å². The summed E-state index contributed by atoms with van der Waals surface area (Å²) in [6.07, 6.45) is 2.12. The molecule has 1 aliphatic rings. The lowest BCUT2D eigenvalue weighted by Crippen LogP contribution is -2.34. The second-order valence-corrected chi connectivity index (χ2v) is 7.35. The summed E-state index contributed by atoms with van der Waals surface area (Å²) in [6, 6.07) is 16.0. The lowest BCUT2D eigenvalue weighted by Gasteiger charge is -2.08. The number of amides is 1. The van der Waals surface area contributed by atoms with E-state index in [0.717, 1.165) is 18.5 Å². The summed E-state index contributed by atoms with van der Waals surface area (Å²) in [6.45, 7) is 0. The van der Waals surface area contributed by atoms with Crippen LogP contribution < -0.4 is 10.6 Å². The summed E-state index contributed by atoms with van der Waals surface area (Å²) in [7, 11) is 0. The first-order valence-corrected chi connectivity index (χ1v) is 9.82. The largest absolute Gasteiger partial charge is 0.314 e. The van der Waals surface area contributed by atoms with Crippen LogP contribution in [0.5, 0.6) is 0 Å². The van der Waals surface area contributed by atoms with Crippen LogP contribution in [0.4, 0.5) is 17.2 Å². The first kappa shape index (κ1) is 19.2. The highest BCUT2D eigenvalue weighted by molar-refractivity contribution is 7.80. The maximum absolute atomic E-state index is 12.3. The van der Waals surface area contributed by atoms with Crippen LogP contribution in [0, 0.1) is 0 Å². The second kappa shape index (κ2) is 8.50. The Morgan fingerprint density at radius 3 is 2.55 bits per heavy atom. The molecule has 1 amide bonds. The highest BCUT2D eigenvalue weighted by Gasteiger charge is 2.30. The van der Waals surface area contributed by atoms with E-state index in [0.29, 0.717) is 33.7 Å². The Morgan fingerprint density at radius 1 is 1.10 bits per heavy atom. The summed E-state index contributed by atoms with van der Waals surface area (Å²) in [4.78, 5) is 12.3. The molecule has 1 aromatic heterocycles. The molecule has 4 rings (SSSR count). The SMILES string of the molecule is O=C(NC(=S)Nc1n[nH]c(C2CC2)c1N=Nc1ccccc1Cl)c1ccccc1. The van der Waals surface area contributed by atoms with Crippen LogP contribution in [0.2, 0.25) is 5.02 Å². The molecule has 0 aliphatic heterocycles. The minimum absolute atomic E-state index is 0.127. The van der Waals surface area contributed by atoms with Crippen LogP contribution in [0.25, 0.3) is 0 Å². The Labute approximate surface area is 177 Å². The maximum Gasteiger partial charge on any atom is 0.257 e. The van der Waals surface area contributed by atoms with Gasteiger partial charge in [-0.1, -0.05) is 41.9 Å². The number of rotatable bonds is 5. The number of carbonyl (C=O) groups excluding carboxylic acids is 1. The summed E-state index contributed by atoms with van der Waals surface area (Å²) < 4.78 is 0. The maximum atomic E-state index is 12.3. The third kappa shape index (κ3) is 4.67. The molecule has 0 unspecified atom stereocenters. The highest BCUT2D eigenvalue weighted by atomic mass is 35.5. The van der Waals surface area contributed by atoms with E-state index in [2.05, 4.69) is 31.1 Å². The summed E-state index contributed by atoms with van der Waals surface area (Å²) in [5.41, 5.74) is 2.52. The van der Waals surface area contributed by atoms with Crippen molar-refractivity contribution in [2.75, 3.05) is 5.32 Å². The topological polar surface area (TPSA) is 94.5 Å². The van der Waals surface area contributed by atoms with Gasteiger partial charge >= 0.3 is 0 Å². The van der Waals surface area contributed by atoms with Crippen molar-refractivity contribution >= 4 is 52.0 Å². The van der Waals surface area contributed by atoms with Crippen LogP contribution >= 0.6 is 23.8 Å². The number of nitrogens with zero attached hydrogens (tertiary/aromatic N) is 3. The molecule has 1 aliphatic carbocycles. The van der Waals surface area contributed by atoms with Gasteiger partial charge in [0.15, 0.2) is 16.6 Å². The van der Waals surface area contributed by atoms with Gasteiger partial charge in [0.25, 0.3) is 5.91 Å². The molecule has 3 N–H and O–H groups in total. The molecule has 2 aromatic carbocycles. The number of nitrogens with one attached hydrogen (secondary N) is 3. The van der Waals surface area contributed by atoms with Crippen molar-refractivity contribution in [3.63, 3.8) is 0 Å². The first-order valence-electron chi connectivity index (χ1n) is 9.03. The van der Waals surface area contributed by atoms with E-state index in [-0.39, 0.29) is 11.0 Å². The van der Waals surface area contributed by atoms with Crippen molar-refractivity contribution < 1.29 is 4.79 Å². The third-order valence-corrected chi connectivity index (χ3v) is 4.88. The Bertz CT molecular complexity index is 1080. The number of anilines is 1. The molecule has 29 heavy (non-hydrogen) atoms. The number of azo groups is 1. The minimum Gasteiger partial charge on any atom is -0.314 e. The van der Waals surface area contributed by atoms with Crippen molar-refractivity contribution in [2.24, 2.45) is 10.2 Å². The Hall–Kier alpha value is -3.10. The van der Waals surface area contributed by atoms with E-state index < -0.39 is 0 Å². The number of hydrogen-bond donors (Lipinski definition) is 3. The monoisotopic (exact) mass is 424 g/mol. The van der Waals surface area contributed by atoms with Gasteiger partial charge < -0.3 is 5.32 Å². The van der Waals surface area contributed by atoms with Gasteiger partial charge in [-0.3, -0.25) is 15.2 Å². The normalized spacial score (nSPS) is 13.4. The van der Waals surface area contributed by atoms with Gasteiger partial charge in [-0.05, 0) is 49.3 Å². The van der Waals surface area contributed by atoms with E-state index in [4.69, 9.17) is 23.8 Å². The van der Waals surface area contributed by atoms with Crippen LogP contribution in [0.3, 0.4) is 0 Å². The number of hydrogen-bond acceptors (Lipinski definition) is 5. The molecular formula is C20H17ClN6OS. The highest BCUT2D eigenvalue weighted by Crippen LogP contribution is 2.46. The van der Waals surface area contributed by atoms with Crippen LogP contribution in [-0.2, 0) is 0 Å². The molecule has 1 fully saturated rings. The predicted molar refractivity (Wildman–Crippen MR) is 116 cm³/mol. The number of carbonyl (C=O) groups is 1. The molecule has 1 heterocycles. The summed E-state index contributed by atoms with van der Waals surface area (Å²) in [5.74, 6) is 0.465. The van der Waals surface area contributed by atoms with Gasteiger partial charge in [-0.25, -0.2) is 0 Å².